The van der Waals surface area contributed by atoms with E-state index in [0.717, 1.165) is 5.69 Å². The number of hydrogen-bond donors (Lipinski definition) is 1. The van der Waals surface area contributed by atoms with E-state index >= 15 is 0 Å². The molecule has 0 saturated carbocycles. The molecule has 0 spiro atoms. The highest BCUT2D eigenvalue weighted by atomic mass is 16.5. The number of benzene rings is 1. The number of nitrogens with zero attached hydrogens (tertiary/aromatic N) is 1. The van der Waals surface area contributed by atoms with Crippen molar-refractivity contribution in [3.05, 3.63) is 53.9 Å². The number of esters is 1. The molecule has 0 aliphatic heterocycles. The molecule has 2 rings (SSSR count). The summed E-state index contributed by atoms with van der Waals surface area (Å²) in [5, 5.41) is 2.71. The highest BCUT2D eigenvalue weighted by molar-refractivity contribution is 5.92. The van der Waals surface area contributed by atoms with Gasteiger partial charge in [0.25, 0.3) is 5.91 Å². The van der Waals surface area contributed by atoms with Gasteiger partial charge in [0.15, 0.2) is 6.61 Å². The highest BCUT2D eigenvalue weighted by Gasteiger charge is 2.07. The number of rotatable bonds is 5. The summed E-state index contributed by atoms with van der Waals surface area (Å²) in [6, 6.07) is 9.84. The standard InChI is InChI=1S/C16H16N2O4/c1-11-9-13(7-8-17-11)18-15(19)10-22-14-5-3-12(4-6-14)16(20)21-2/h3-9H,10H2,1-2H3,(H,17,18,19). The van der Waals surface area contributed by atoms with E-state index in [2.05, 4.69) is 15.0 Å². The number of amides is 1. The van der Waals surface area contributed by atoms with Gasteiger partial charge in [-0.05, 0) is 43.3 Å². The molecule has 0 aliphatic carbocycles. The number of ether oxygens (including phenoxy) is 2. The summed E-state index contributed by atoms with van der Waals surface area (Å²) < 4.78 is 9.96. The van der Waals surface area contributed by atoms with Crippen LogP contribution in [0.5, 0.6) is 5.75 Å². The lowest BCUT2D eigenvalue weighted by molar-refractivity contribution is -0.118. The minimum absolute atomic E-state index is 0.126. The smallest absolute Gasteiger partial charge is 0.337 e. The van der Waals surface area contributed by atoms with E-state index in [-0.39, 0.29) is 12.5 Å². The molecule has 1 aromatic carbocycles. The first-order chi connectivity index (χ1) is 10.6. The maximum absolute atomic E-state index is 11.8. The predicted octanol–water partition coefficient (Wildman–Crippen LogP) is 2.19. The molecular formula is C16H16N2O4. The lowest BCUT2D eigenvalue weighted by atomic mass is 10.2. The van der Waals surface area contributed by atoms with Crippen molar-refractivity contribution in [1.29, 1.82) is 0 Å². The summed E-state index contributed by atoms with van der Waals surface area (Å²) in [6.45, 7) is 1.72. The third-order valence-electron chi connectivity index (χ3n) is 2.83. The Morgan fingerprint density at radius 3 is 2.55 bits per heavy atom. The van der Waals surface area contributed by atoms with Crippen LogP contribution >= 0.6 is 0 Å². The zero-order valence-electron chi connectivity index (χ0n) is 12.3. The van der Waals surface area contributed by atoms with Gasteiger partial charge >= 0.3 is 5.97 Å². The molecule has 1 N–H and O–H groups in total. The van der Waals surface area contributed by atoms with Crippen LogP contribution < -0.4 is 10.1 Å². The SMILES string of the molecule is COC(=O)c1ccc(OCC(=O)Nc2ccnc(C)c2)cc1. The summed E-state index contributed by atoms with van der Waals surface area (Å²) in [4.78, 5) is 27.1. The molecule has 2 aromatic rings. The maximum Gasteiger partial charge on any atom is 0.337 e. The summed E-state index contributed by atoms with van der Waals surface area (Å²) in [5.74, 6) is -0.200. The maximum atomic E-state index is 11.8. The van der Waals surface area contributed by atoms with E-state index < -0.39 is 5.97 Å². The van der Waals surface area contributed by atoms with Gasteiger partial charge in [0.2, 0.25) is 0 Å². The number of anilines is 1. The van der Waals surface area contributed by atoms with Crippen LogP contribution in [0, 0.1) is 6.92 Å². The molecule has 114 valence electrons. The number of methoxy groups -OCH3 is 1. The van der Waals surface area contributed by atoms with Gasteiger partial charge in [-0.15, -0.1) is 0 Å². The number of nitrogens with one attached hydrogen (secondary N) is 1. The molecule has 0 atom stereocenters. The zero-order valence-corrected chi connectivity index (χ0v) is 12.3. The summed E-state index contributed by atoms with van der Waals surface area (Å²) in [5.41, 5.74) is 1.91. The second-order valence-electron chi connectivity index (χ2n) is 4.54. The van der Waals surface area contributed by atoms with Gasteiger partial charge in [-0.2, -0.15) is 0 Å². The minimum atomic E-state index is -0.419. The molecule has 22 heavy (non-hydrogen) atoms. The van der Waals surface area contributed by atoms with E-state index in [1.54, 1.807) is 42.6 Å². The van der Waals surface area contributed by atoms with E-state index in [9.17, 15) is 9.59 Å². The second kappa shape index (κ2) is 7.21. The Kier molecular flexibility index (Phi) is 5.08. The molecule has 0 aliphatic rings. The van der Waals surface area contributed by atoms with Crippen molar-refractivity contribution < 1.29 is 19.1 Å². The Bertz CT molecular complexity index is 668. The molecule has 1 aromatic heterocycles. The van der Waals surface area contributed by atoms with Gasteiger partial charge < -0.3 is 14.8 Å². The monoisotopic (exact) mass is 300 g/mol. The average Bonchev–Trinajstić information content (AvgIpc) is 2.52. The predicted molar refractivity (Wildman–Crippen MR) is 80.9 cm³/mol. The van der Waals surface area contributed by atoms with Gasteiger partial charge in [-0.25, -0.2) is 4.79 Å². The van der Waals surface area contributed by atoms with Crippen molar-refractivity contribution in [3.8, 4) is 5.75 Å². The largest absolute Gasteiger partial charge is 0.484 e. The number of carbonyl (C=O) groups excluding carboxylic acids is 2. The van der Waals surface area contributed by atoms with Crippen molar-refractivity contribution in [1.82, 2.24) is 4.98 Å². The fourth-order valence-corrected chi connectivity index (χ4v) is 1.77. The van der Waals surface area contributed by atoms with Crippen LogP contribution in [0.4, 0.5) is 5.69 Å². The minimum Gasteiger partial charge on any atom is -0.484 e. The molecule has 0 bridgehead atoms. The van der Waals surface area contributed by atoms with Crippen molar-refractivity contribution in [2.24, 2.45) is 0 Å². The number of aromatic nitrogens is 1. The van der Waals surface area contributed by atoms with Gasteiger partial charge in [-0.3, -0.25) is 9.78 Å². The summed E-state index contributed by atoms with van der Waals surface area (Å²) in [7, 11) is 1.32. The fraction of sp³-hybridized carbons (Fsp3) is 0.188. The van der Waals surface area contributed by atoms with Crippen molar-refractivity contribution in [2.75, 3.05) is 19.0 Å². The van der Waals surface area contributed by atoms with Crippen LogP contribution in [0.2, 0.25) is 0 Å². The number of hydrogen-bond acceptors (Lipinski definition) is 5. The van der Waals surface area contributed by atoms with E-state index in [4.69, 9.17) is 4.74 Å². The molecular weight excluding hydrogens is 284 g/mol. The Hall–Kier alpha value is -2.89. The molecule has 6 heteroatoms. The Morgan fingerprint density at radius 1 is 1.18 bits per heavy atom. The highest BCUT2D eigenvalue weighted by Crippen LogP contribution is 2.13. The second-order valence-corrected chi connectivity index (χ2v) is 4.54. The van der Waals surface area contributed by atoms with Crippen LogP contribution in [0.25, 0.3) is 0 Å². The average molecular weight is 300 g/mol. The van der Waals surface area contributed by atoms with Gasteiger partial charge in [0.1, 0.15) is 5.75 Å². The first kappa shape index (κ1) is 15.5. The zero-order chi connectivity index (χ0) is 15.9. The number of pyridine rings is 1. The van der Waals surface area contributed by atoms with Crippen molar-refractivity contribution >= 4 is 17.6 Å². The molecule has 0 fully saturated rings. The van der Waals surface area contributed by atoms with Crippen LogP contribution in [0.3, 0.4) is 0 Å². The molecule has 6 nitrogen and oxygen atoms in total. The quantitative estimate of drug-likeness (QED) is 0.856. The molecule has 0 unspecified atom stereocenters. The van der Waals surface area contributed by atoms with Gasteiger partial charge in [0, 0.05) is 17.6 Å². The number of carbonyl (C=O) groups is 2. The fourth-order valence-electron chi connectivity index (χ4n) is 1.77. The summed E-state index contributed by atoms with van der Waals surface area (Å²) >= 11 is 0. The number of aryl methyl sites for hydroxylation is 1. The summed E-state index contributed by atoms with van der Waals surface area (Å²) in [6.07, 6.45) is 1.62. The van der Waals surface area contributed by atoms with Crippen LogP contribution in [-0.4, -0.2) is 30.6 Å². The van der Waals surface area contributed by atoms with E-state index in [0.29, 0.717) is 17.0 Å². The molecule has 0 saturated heterocycles. The Labute approximate surface area is 128 Å². The van der Waals surface area contributed by atoms with Gasteiger partial charge in [-0.1, -0.05) is 0 Å². The molecule has 1 amide bonds. The third kappa shape index (κ3) is 4.31. The van der Waals surface area contributed by atoms with E-state index in [1.807, 2.05) is 6.92 Å². The Balaban J connectivity index is 1.87. The third-order valence-corrected chi connectivity index (χ3v) is 2.83. The normalized spacial score (nSPS) is 9.91. The van der Waals surface area contributed by atoms with Crippen molar-refractivity contribution in [3.63, 3.8) is 0 Å². The molecule has 1 heterocycles. The lowest BCUT2D eigenvalue weighted by Crippen LogP contribution is -2.20. The lowest BCUT2D eigenvalue weighted by Gasteiger charge is -2.08. The van der Waals surface area contributed by atoms with E-state index in [1.165, 1.54) is 7.11 Å². The topological polar surface area (TPSA) is 77.5 Å². The molecule has 0 radical (unpaired) electrons. The van der Waals surface area contributed by atoms with Crippen molar-refractivity contribution in [2.45, 2.75) is 6.92 Å². The first-order valence-electron chi connectivity index (χ1n) is 6.62. The van der Waals surface area contributed by atoms with Crippen LogP contribution in [-0.2, 0) is 9.53 Å². The van der Waals surface area contributed by atoms with Gasteiger partial charge in [0.05, 0.1) is 12.7 Å². The van der Waals surface area contributed by atoms with Crippen LogP contribution in [0.15, 0.2) is 42.6 Å². The first-order valence-corrected chi connectivity index (χ1v) is 6.62. The Morgan fingerprint density at radius 2 is 1.91 bits per heavy atom. The van der Waals surface area contributed by atoms with Crippen LogP contribution in [0.1, 0.15) is 16.1 Å².